The minimum Gasteiger partial charge on any atom is -0.386 e. The number of hydrogen-bond donors (Lipinski definition) is 2. The second-order valence-electron chi connectivity index (χ2n) is 4.62. The van der Waals surface area contributed by atoms with Crippen molar-refractivity contribution in [2.24, 2.45) is 11.7 Å². The van der Waals surface area contributed by atoms with Gasteiger partial charge in [0.15, 0.2) is 0 Å². The summed E-state index contributed by atoms with van der Waals surface area (Å²) in [5, 5.41) is 3.02. The molecule has 0 saturated carbocycles. The van der Waals surface area contributed by atoms with E-state index in [4.69, 9.17) is 5.73 Å². The van der Waals surface area contributed by atoms with Gasteiger partial charge in [0.1, 0.15) is 0 Å². The van der Waals surface area contributed by atoms with Gasteiger partial charge in [0.25, 0.3) is 0 Å². The summed E-state index contributed by atoms with van der Waals surface area (Å²) in [5.74, 6) is 1.25. The number of benzene rings is 1. The number of hydrogen-bond acceptors (Lipinski definition) is 2. The molecule has 1 aromatic rings. The molecule has 0 heterocycles. The summed E-state index contributed by atoms with van der Waals surface area (Å²) in [5.41, 5.74) is 8.18. The normalized spacial score (nSPS) is 10.4. The van der Waals surface area contributed by atoms with Gasteiger partial charge in [0, 0.05) is 6.54 Å². The fourth-order valence-corrected chi connectivity index (χ4v) is 1.68. The lowest BCUT2D eigenvalue weighted by atomic mass is 10.0. The Labute approximate surface area is 98.6 Å². The fourth-order valence-electron chi connectivity index (χ4n) is 1.68. The van der Waals surface area contributed by atoms with Crippen molar-refractivity contribution in [3.8, 4) is 0 Å². The first-order valence-corrected chi connectivity index (χ1v) is 5.84. The van der Waals surface area contributed by atoms with Crippen LogP contribution in [-0.4, -0.2) is 6.54 Å². The summed E-state index contributed by atoms with van der Waals surface area (Å²) in [6.45, 7) is 8.93. The highest BCUT2D eigenvalue weighted by Crippen LogP contribution is 2.09. The highest BCUT2D eigenvalue weighted by atomic mass is 15.0. The van der Waals surface area contributed by atoms with Crippen LogP contribution in [0.2, 0.25) is 0 Å². The van der Waals surface area contributed by atoms with Gasteiger partial charge in [0.2, 0.25) is 0 Å². The molecule has 0 aliphatic heterocycles. The van der Waals surface area contributed by atoms with Crippen molar-refractivity contribution in [1.82, 2.24) is 5.32 Å². The van der Waals surface area contributed by atoms with Crippen molar-refractivity contribution < 1.29 is 0 Å². The number of nitrogens with two attached hydrogens (primary N) is 1. The fraction of sp³-hybridized carbons (Fsp3) is 0.429. The van der Waals surface area contributed by atoms with Crippen LogP contribution in [0, 0.1) is 5.92 Å². The second-order valence-corrected chi connectivity index (χ2v) is 4.62. The molecule has 0 saturated heterocycles. The van der Waals surface area contributed by atoms with E-state index in [1.54, 1.807) is 0 Å². The van der Waals surface area contributed by atoms with E-state index in [9.17, 15) is 0 Å². The Morgan fingerprint density at radius 1 is 1.25 bits per heavy atom. The van der Waals surface area contributed by atoms with E-state index in [0.29, 0.717) is 11.7 Å². The summed E-state index contributed by atoms with van der Waals surface area (Å²) in [6.07, 6.45) is 2.14. The van der Waals surface area contributed by atoms with E-state index < -0.39 is 0 Å². The molecule has 0 aliphatic carbocycles. The van der Waals surface area contributed by atoms with Crippen molar-refractivity contribution in [3.63, 3.8) is 0 Å². The van der Waals surface area contributed by atoms with Crippen LogP contribution in [0.25, 0.3) is 0 Å². The molecule has 0 aromatic heterocycles. The molecular weight excluding hydrogens is 196 g/mol. The van der Waals surface area contributed by atoms with E-state index in [2.05, 4.69) is 50.0 Å². The number of rotatable bonds is 6. The summed E-state index contributed by atoms with van der Waals surface area (Å²) in [4.78, 5) is 0. The molecule has 0 fully saturated rings. The van der Waals surface area contributed by atoms with Gasteiger partial charge in [-0.1, -0.05) is 44.7 Å². The Morgan fingerprint density at radius 3 is 2.31 bits per heavy atom. The Kier molecular flexibility index (Phi) is 4.90. The Morgan fingerprint density at radius 2 is 1.81 bits per heavy atom. The number of nitrogens with one attached hydrogen (secondary N) is 1. The van der Waals surface area contributed by atoms with Crippen LogP contribution in [0.1, 0.15) is 25.0 Å². The van der Waals surface area contributed by atoms with E-state index in [-0.39, 0.29) is 0 Å². The van der Waals surface area contributed by atoms with E-state index in [1.165, 1.54) is 11.1 Å². The highest BCUT2D eigenvalue weighted by Gasteiger charge is 1.98. The topological polar surface area (TPSA) is 38.0 Å². The first-order valence-electron chi connectivity index (χ1n) is 5.84. The van der Waals surface area contributed by atoms with Crippen molar-refractivity contribution in [2.45, 2.75) is 26.7 Å². The predicted molar refractivity (Wildman–Crippen MR) is 70.0 cm³/mol. The average Bonchev–Trinajstić information content (AvgIpc) is 2.19. The molecule has 0 unspecified atom stereocenters. The van der Waals surface area contributed by atoms with Crippen LogP contribution in [-0.2, 0) is 12.8 Å². The molecular formula is C14H22N2. The smallest absolute Gasteiger partial charge is 0.0885 e. The lowest BCUT2D eigenvalue weighted by molar-refractivity contribution is 0.647. The molecule has 0 spiro atoms. The third-order valence-electron chi connectivity index (χ3n) is 2.43. The minimum absolute atomic E-state index is 0.538. The SMILES string of the molecule is C=C(N)NCCc1ccc(CC(C)C)cc1. The molecule has 1 aromatic carbocycles. The zero-order chi connectivity index (χ0) is 12.0. The zero-order valence-electron chi connectivity index (χ0n) is 10.3. The van der Waals surface area contributed by atoms with Gasteiger partial charge in [0.05, 0.1) is 5.82 Å². The third kappa shape index (κ3) is 4.87. The van der Waals surface area contributed by atoms with Crippen LogP contribution in [0.4, 0.5) is 0 Å². The maximum atomic E-state index is 5.43. The Hall–Kier alpha value is -1.44. The van der Waals surface area contributed by atoms with Gasteiger partial charge in [-0.25, -0.2) is 0 Å². The monoisotopic (exact) mass is 218 g/mol. The molecule has 3 N–H and O–H groups in total. The maximum absolute atomic E-state index is 5.43. The van der Waals surface area contributed by atoms with Crippen molar-refractivity contribution in [3.05, 3.63) is 47.8 Å². The quantitative estimate of drug-likeness (QED) is 0.769. The summed E-state index contributed by atoms with van der Waals surface area (Å²) < 4.78 is 0. The van der Waals surface area contributed by atoms with Gasteiger partial charge in [-0.3, -0.25) is 0 Å². The summed E-state index contributed by atoms with van der Waals surface area (Å²) in [6, 6.07) is 8.82. The summed E-state index contributed by atoms with van der Waals surface area (Å²) in [7, 11) is 0. The second kappa shape index (κ2) is 6.21. The molecule has 0 amide bonds. The Balaban J connectivity index is 2.42. The van der Waals surface area contributed by atoms with Crippen LogP contribution >= 0.6 is 0 Å². The van der Waals surface area contributed by atoms with Gasteiger partial charge < -0.3 is 11.1 Å². The average molecular weight is 218 g/mol. The lowest BCUT2D eigenvalue weighted by Gasteiger charge is -2.07. The predicted octanol–water partition coefficient (Wildman–Crippen LogP) is 2.45. The van der Waals surface area contributed by atoms with Crippen molar-refractivity contribution >= 4 is 0 Å². The molecule has 0 radical (unpaired) electrons. The first kappa shape index (κ1) is 12.6. The minimum atomic E-state index is 0.538. The molecule has 0 bridgehead atoms. The molecule has 0 atom stereocenters. The van der Waals surface area contributed by atoms with E-state index in [1.807, 2.05) is 0 Å². The zero-order valence-corrected chi connectivity index (χ0v) is 10.3. The maximum Gasteiger partial charge on any atom is 0.0885 e. The highest BCUT2D eigenvalue weighted by molar-refractivity contribution is 5.23. The van der Waals surface area contributed by atoms with Crippen molar-refractivity contribution in [2.75, 3.05) is 6.54 Å². The van der Waals surface area contributed by atoms with Crippen molar-refractivity contribution in [1.29, 1.82) is 0 Å². The lowest BCUT2D eigenvalue weighted by Crippen LogP contribution is -2.21. The van der Waals surface area contributed by atoms with Gasteiger partial charge in [-0.05, 0) is 29.9 Å². The van der Waals surface area contributed by atoms with Crippen LogP contribution in [0.15, 0.2) is 36.7 Å². The molecule has 2 heteroatoms. The van der Waals surface area contributed by atoms with Crippen LogP contribution in [0.3, 0.4) is 0 Å². The summed E-state index contributed by atoms with van der Waals surface area (Å²) >= 11 is 0. The Bertz CT molecular complexity index is 325. The molecule has 2 nitrogen and oxygen atoms in total. The molecule has 1 rings (SSSR count). The van der Waals surface area contributed by atoms with E-state index >= 15 is 0 Å². The van der Waals surface area contributed by atoms with Gasteiger partial charge in [-0.2, -0.15) is 0 Å². The third-order valence-corrected chi connectivity index (χ3v) is 2.43. The molecule has 0 aliphatic rings. The standard InChI is InChI=1S/C14H22N2/c1-11(2)10-14-6-4-13(5-7-14)8-9-16-12(3)15/h4-7,11,16H,3,8-10,15H2,1-2H3. The van der Waals surface area contributed by atoms with Crippen LogP contribution in [0.5, 0.6) is 0 Å². The largest absolute Gasteiger partial charge is 0.386 e. The van der Waals surface area contributed by atoms with Gasteiger partial charge >= 0.3 is 0 Å². The van der Waals surface area contributed by atoms with Gasteiger partial charge in [-0.15, -0.1) is 0 Å². The first-order chi connectivity index (χ1) is 7.58. The molecule has 16 heavy (non-hydrogen) atoms. The van der Waals surface area contributed by atoms with Crippen LogP contribution < -0.4 is 11.1 Å². The van der Waals surface area contributed by atoms with E-state index in [0.717, 1.165) is 19.4 Å². The molecule has 88 valence electrons.